The first kappa shape index (κ1) is 15.6. The summed E-state index contributed by atoms with van der Waals surface area (Å²) < 4.78 is 1.69. The van der Waals surface area contributed by atoms with Gasteiger partial charge in [0.25, 0.3) is 0 Å². The van der Waals surface area contributed by atoms with Crippen LogP contribution in [0.15, 0.2) is 42.5 Å². The van der Waals surface area contributed by atoms with Gasteiger partial charge in [-0.25, -0.2) is 9.67 Å². The largest absolute Gasteiger partial charge is 0.383 e. The summed E-state index contributed by atoms with van der Waals surface area (Å²) >= 11 is 0. The number of hydrogen-bond donors (Lipinski definition) is 1. The molecule has 0 amide bonds. The molecular formula is C18H21N3O2. The lowest BCUT2D eigenvalue weighted by atomic mass is 9.72. The zero-order valence-electron chi connectivity index (χ0n) is 13.2. The summed E-state index contributed by atoms with van der Waals surface area (Å²) in [5, 5.41) is 15.5. The average Bonchev–Trinajstić information content (AvgIpc) is 3.06. The lowest BCUT2D eigenvalue weighted by Crippen LogP contribution is -2.45. The molecule has 0 saturated heterocycles. The molecule has 5 heteroatoms. The molecule has 1 aliphatic rings. The third-order valence-electron chi connectivity index (χ3n) is 4.74. The van der Waals surface area contributed by atoms with Gasteiger partial charge < -0.3 is 5.11 Å². The molecule has 1 saturated carbocycles. The fourth-order valence-corrected chi connectivity index (χ4v) is 3.26. The van der Waals surface area contributed by atoms with E-state index in [1.165, 1.54) is 6.33 Å². The third-order valence-corrected chi connectivity index (χ3v) is 4.74. The van der Waals surface area contributed by atoms with Gasteiger partial charge in [-0.3, -0.25) is 4.79 Å². The van der Waals surface area contributed by atoms with E-state index in [2.05, 4.69) is 17.0 Å². The van der Waals surface area contributed by atoms with Crippen molar-refractivity contribution in [2.45, 2.75) is 38.3 Å². The summed E-state index contributed by atoms with van der Waals surface area (Å²) in [7, 11) is 0. The van der Waals surface area contributed by atoms with Crippen molar-refractivity contribution in [3.8, 4) is 0 Å². The van der Waals surface area contributed by atoms with Crippen molar-refractivity contribution in [2.24, 2.45) is 5.92 Å². The number of aromatic nitrogens is 3. The summed E-state index contributed by atoms with van der Waals surface area (Å²) in [6.07, 6.45) is 8.92. The Hall–Kier alpha value is -2.27. The molecule has 1 fully saturated rings. The SMILES string of the molecule is C[C@@H]1CCC/C(=C\c2ccc(C=O)cc2)[C@]1(O)Cn1cncn1. The van der Waals surface area contributed by atoms with Crippen LogP contribution in [-0.2, 0) is 6.54 Å². The second kappa shape index (κ2) is 6.46. The Labute approximate surface area is 135 Å². The Morgan fingerprint density at radius 1 is 1.35 bits per heavy atom. The lowest BCUT2D eigenvalue weighted by Gasteiger charge is -2.40. The highest BCUT2D eigenvalue weighted by Crippen LogP contribution is 2.40. The van der Waals surface area contributed by atoms with Crippen LogP contribution in [0.25, 0.3) is 6.08 Å². The Morgan fingerprint density at radius 3 is 2.74 bits per heavy atom. The zero-order valence-corrected chi connectivity index (χ0v) is 13.2. The number of benzene rings is 1. The van der Waals surface area contributed by atoms with Crippen LogP contribution in [0.2, 0.25) is 0 Å². The molecule has 1 aromatic heterocycles. The second-order valence-corrected chi connectivity index (χ2v) is 6.26. The van der Waals surface area contributed by atoms with Crippen LogP contribution in [0.4, 0.5) is 0 Å². The van der Waals surface area contributed by atoms with Crippen LogP contribution in [0, 0.1) is 5.92 Å². The second-order valence-electron chi connectivity index (χ2n) is 6.26. The van der Waals surface area contributed by atoms with E-state index in [-0.39, 0.29) is 5.92 Å². The van der Waals surface area contributed by atoms with Crippen molar-refractivity contribution in [3.63, 3.8) is 0 Å². The highest BCUT2D eigenvalue weighted by atomic mass is 16.3. The van der Waals surface area contributed by atoms with Gasteiger partial charge >= 0.3 is 0 Å². The van der Waals surface area contributed by atoms with Gasteiger partial charge in [-0.05, 0) is 36.3 Å². The fraction of sp³-hybridized carbons (Fsp3) is 0.389. The topological polar surface area (TPSA) is 68.0 Å². The predicted octanol–water partition coefficient (Wildman–Crippen LogP) is 2.73. The minimum atomic E-state index is -0.921. The summed E-state index contributed by atoms with van der Waals surface area (Å²) in [5.41, 5.74) is 1.75. The molecule has 0 radical (unpaired) electrons. The van der Waals surface area contributed by atoms with E-state index >= 15 is 0 Å². The maximum absolute atomic E-state index is 11.3. The van der Waals surface area contributed by atoms with Gasteiger partial charge in [0.15, 0.2) is 0 Å². The molecule has 1 heterocycles. The number of nitrogens with zero attached hydrogens (tertiary/aromatic N) is 3. The van der Waals surface area contributed by atoms with E-state index < -0.39 is 5.60 Å². The van der Waals surface area contributed by atoms with Gasteiger partial charge in [-0.1, -0.05) is 37.3 Å². The van der Waals surface area contributed by atoms with Crippen LogP contribution >= 0.6 is 0 Å². The maximum Gasteiger partial charge on any atom is 0.150 e. The Bertz CT molecular complexity index is 692. The normalized spacial score (nSPS) is 26.3. The van der Waals surface area contributed by atoms with Gasteiger partial charge in [0, 0.05) is 5.56 Å². The summed E-state index contributed by atoms with van der Waals surface area (Å²) in [6.45, 7) is 2.49. The fourth-order valence-electron chi connectivity index (χ4n) is 3.26. The molecule has 0 spiro atoms. The van der Waals surface area contributed by atoms with E-state index in [1.807, 2.05) is 18.2 Å². The predicted molar refractivity (Wildman–Crippen MR) is 87.8 cm³/mol. The van der Waals surface area contributed by atoms with E-state index in [4.69, 9.17) is 0 Å². The number of rotatable bonds is 4. The molecule has 3 rings (SSSR count). The molecule has 2 atom stereocenters. The standard InChI is InChI=1S/C18H21N3O2/c1-14-3-2-4-17(9-15-5-7-16(10-22)8-6-15)18(14,23)11-21-13-19-12-20-21/h5-10,12-14,23H,2-4,11H2,1H3/b17-9+/t14-,18+/m1/s1. The number of aliphatic hydroxyl groups is 1. The molecule has 0 bridgehead atoms. The molecule has 23 heavy (non-hydrogen) atoms. The van der Waals surface area contributed by atoms with Crippen LogP contribution in [0.1, 0.15) is 42.1 Å². The minimum Gasteiger partial charge on any atom is -0.383 e. The van der Waals surface area contributed by atoms with Crippen molar-refractivity contribution in [2.75, 3.05) is 0 Å². The smallest absolute Gasteiger partial charge is 0.150 e. The van der Waals surface area contributed by atoms with Crippen LogP contribution in [0.5, 0.6) is 0 Å². The van der Waals surface area contributed by atoms with Crippen LogP contribution in [-0.4, -0.2) is 31.8 Å². The van der Waals surface area contributed by atoms with Gasteiger partial charge in [0.05, 0.1) is 6.54 Å². The highest BCUT2D eigenvalue weighted by Gasteiger charge is 2.40. The summed E-state index contributed by atoms with van der Waals surface area (Å²) in [4.78, 5) is 14.7. The van der Waals surface area contributed by atoms with E-state index in [0.717, 1.165) is 36.7 Å². The number of carbonyl (C=O) groups excluding carboxylic acids is 1. The van der Waals surface area contributed by atoms with E-state index in [9.17, 15) is 9.90 Å². The summed E-state index contributed by atoms with van der Waals surface area (Å²) in [5.74, 6) is 0.154. The average molecular weight is 311 g/mol. The minimum absolute atomic E-state index is 0.154. The first-order chi connectivity index (χ1) is 11.1. The third kappa shape index (κ3) is 3.24. The first-order valence-corrected chi connectivity index (χ1v) is 7.93. The molecule has 120 valence electrons. The van der Waals surface area contributed by atoms with E-state index in [1.54, 1.807) is 23.1 Å². The molecule has 1 aliphatic carbocycles. The van der Waals surface area contributed by atoms with Gasteiger partial charge in [-0.2, -0.15) is 5.10 Å². The molecule has 0 unspecified atom stereocenters. The van der Waals surface area contributed by atoms with Crippen molar-refractivity contribution in [1.29, 1.82) is 0 Å². The van der Waals surface area contributed by atoms with Crippen LogP contribution in [0.3, 0.4) is 0 Å². The molecule has 1 N–H and O–H groups in total. The Kier molecular flexibility index (Phi) is 4.39. The zero-order chi connectivity index (χ0) is 16.3. The van der Waals surface area contributed by atoms with Gasteiger partial charge in [0.2, 0.25) is 0 Å². The van der Waals surface area contributed by atoms with Crippen molar-refractivity contribution >= 4 is 12.4 Å². The van der Waals surface area contributed by atoms with Crippen molar-refractivity contribution in [3.05, 3.63) is 53.6 Å². The Balaban J connectivity index is 1.92. The Morgan fingerprint density at radius 2 is 2.09 bits per heavy atom. The maximum atomic E-state index is 11.3. The molecular weight excluding hydrogens is 290 g/mol. The molecule has 2 aromatic rings. The van der Waals surface area contributed by atoms with E-state index in [0.29, 0.717) is 12.1 Å². The number of carbonyl (C=O) groups is 1. The molecule has 5 nitrogen and oxygen atoms in total. The summed E-state index contributed by atoms with van der Waals surface area (Å²) in [6, 6.07) is 7.40. The van der Waals surface area contributed by atoms with Crippen molar-refractivity contribution < 1.29 is 9.90 Å². The van der Waals surface area contributed by atoms with Gasteiger partial charge in [0.1, 0.15) is 24.5 Å². The van der Waals surface area contributed by atoms with Crippen molar-refractivity contribution in [1.82, 2.24) is 14.8 Å². The van der Waals surface area contributed by atoms with Gasteiger partial charge in [-0.15, -0.1) is 0 Å². The highest BCUT2D eigenvalue weighted by molar-refractivity contribution is 5.75. The first-order valence-electron chi connectivity index (χ1n) is 7.93. The number of aldehydes is 1. The lowest BCUT2D eigenvalue weighted by molar-refractivity contribution is -0.0126. The molecule has 1 aromatic carbocycles. The molecule has 0 aliphatic heterocycles. The monoisotopic (exact) mass is 311 g/mol. The quantitative estimate of drug-likeness (QED) is 0.882. The number of hydrogen-bond acceptors (Lipinski definition) is 4. The van der Waals surface area contributed by atoms with Crippen LogP contribution < -0.4 is 0 Å².